The van der Waals surface area contributed by atoms with Gasteiger partial charge in [0, 0.05) is 13.2 Å². The first kappa shape index (κ1) is 8.61. The molecule has 1 atom stereocenters. The number of halogens is 2. The first-order chi connectivity index (χ1) is 5.24. The molecule has 0 saturated heterocycles. The van der Waals surface area contributed by atoms with Gasteiger partial charge >= 0.3 is 0 Å². The third-order valence-electron chi connectivity index (χ3n) is 1.11. The molecule has 1 heterocycles. The van der Waals surface area contributed by atoms with Gasteiger partial charge in [0.25, 0.3) is 0 Å². The van der Waals surface area contributed by atoms with Crippen LogP contribution in [0.4, 0.5) is 0 Å². The molecule has 1 aliphatic rings. The van der Waals surface area contributed by atoms with Crippen LogP contribution in [0.3, 0.4) is 0 Å². The van der Waals surface area contributed by atoms with Crippen molar-refractivity contribution in [3.05, 3.63) is 11.1 Å². The van der Waals surface area contributed by atoms with Crippen molar-refractivity contribution in [2.45, 2.75) is 6.10 Å². The van der Waals surface area contributed by atoms with Crippen molar-refractivity contribution < 1.29 is 4.74 Å². The number of nitrogens with zero attached hydrogens (tertiary/aromatic N) is 1. The molecule has 0 N–H and O–H groups in total. The highest BCUT2D eigenvalue weighted by Crippen LogP contribution is 2.12. The molecule has 0 saturated carbocycles. The number of allylic oxidation sites excluding steroid dienone is 1. The molecule has 2 nitrogen and oxygen atoms in total. The predicted molar refractivity (Wildman–Crippen MR) is 45.8 cm³/mol. The largest absolute Gasteiger partial charge is 0.365 e. The van der Waals surface area contributed by atoms with Gasteiger partial charge in [-0.15, -0.1) is 0 Å². The lowest BCUT2D eigenvalue weighted by Crippen LogP contribution is -2.03. The van der Waals surface area contributed by atoms with Gasteiger partial charge in [0.15, 0.2) is 5.17 Å². The zero-order valence-electron chi connectivity index (χ0n) is 5.77. The highest BCUT2D eigenvalue weighted by atomic mass is 35.5. The maximum atomic E-state index is 5.68. The van der Waals surface area contributed by atoms with Crippen molar-refractivity contribution in [1.29, 1.82) is 0 Å². The summed E-state index contributed by atoms with van der Waals surface area (Å²) in [5, 5.41) is 0.565. The van der Waals surface area contributed by atoms with Gasteiger partial charge < -0.3 is 4.74 Å². The molecule has 1 aliphatic heterocycles. The van der Waals surface area contributed by atoms with E-state index in [1.165, 1.54) is 0 Å². The summed E-state index contributed by atoms with van der Waals surface area (Å²) >= 11 is 11.3. The van der Waals surface area contributed by atoms with Gasteiger partial charge in [-0.1, -0.05) is 23.2 Å². The van der Waals surface area contributed by atoms with E-state index in [0.29, 0.717) is 5.03 Å². The number of ether oxygens (including phenoxy) is 1. The van der Waals surface area contributed by atoms with Crippen LogP contribution in [0.1, 0.15) is 0 Å². The van der Waals surface area contributed by atoms with E-state index >= 15 is 0 Å². The van der Waals surface area contributed by atoms with Crippen LogP contribution in [0.5, 0.6) is 0 Å². The minimum absolute atomic E-state index is 0.207. The number of methoxy groups -OCH3 is 1. The van der Waals surface area contributed by atoms with Crippen LogP contribution >= 0.6 is 23.2 Å². The van der Waals surface area contributed by atoms with Crippen molar-refractivity contribution in [2.75, 3.05) is 7.11 Å². The molecular formula is C7H5Cl2NO. The van der Waals surface area contributed by atoms with Gasteiger partial charge in [0.2, 0.25) is 0 Å². The van der Waals surface area contributed by atoms with Crippen molar-refractivity contribution >= 4 is 28.4 Å². The molecule has 58 valence electrons. The molecule has 0 amide bonds. The first-order valence-electron chi connectivity index (χ1n) is 2.88. The highest BCUT2D eigenvalue weighted by Gasteiger charge is 2.07. The Bertz CT molecular complexity index is 272. The van der Waals surface area contributed by atoms with E-state index in [2.05, 4.69) is 17.0 Å². The van der Waals surface area contributed by atoms with E-state index in [1.807, 2.05) is 0 Å². The Kier molecular flexibility index (Phi) is 2.95. The van der Waals surface area contributed by atoms with Gasteiger partial charge in [-0.05, 0) is 12.0 Å². The SMILES string of the molecule is COC1C#CN=C(Cl)C(Cl)=C1. The summed E-state index contributed by atoms with van der Waals surface area (Å²) in [6.07, 6.45) is 1.29. The van der Waals surface area contributed by atoms with Crippen LogP contribution in [-0.4, -0.2) is 18.4 Å². The lowest BCUT2D eigenvalue weighted by molar-refractivity contribution is 0.184. The third kappa shape index (κ3) is 2.23. The Hall–Kier alpha value is -0.490. The van der Waals surface area contributed by atoms with Gasteiger partial charge in [-0.3, -0.25) is 0 Å². The lowest BCUT2D eigenvalue weighted by Gasteiger charge is -1.99. The molecule has 0 radical (unpaired) electrons. The van der Waals surface area contributed by atoms with Crippen molar-refractivity contribution in [3.63, 3.8) is 0 Å². The maximum absolute atomic E-state index is 5.68. The maximum Gasteiger partial charge on any atom is 0.158 e. The van der Waals surface area contributed by atoms with E-state index in [4.69, 9.17) is 27.9 Å². The molecule has 0 aliphatic carbocycles. The van der Waals surface area contributed by atoms with Crippen LogP contribution in [0.25, 0.3) is 0 Å². The van der Waals surface area contributed by atoms with Gasteiger partial charge in [0.05, 0.1) is 5.03 Å². The van der Waals surface area contributed by atoms with E-state index in [9.17, 15) is 0 Å². The molecular weight excluding hydrogens is 185 g/mol. The number of hydrogen-bond donors (Lipinski definition) is 0. The van der Waals surface area contributed by atoms with Crippen LogP contribution in [0, 0.1) is 12.0 Å². The van der Waals surface area contributed by atoms with Crippen LogP contribution in [0.2, 0.25) is 0 Å². The first-order valence-corrected chi connectivity index (χ1v) is 3.64. The topological polar surface area (TPSA) is 21.6 Å². The smallest absolute Gasteiger partial charge is 0.158 e. The van der Waals surface area contributed by atoms with Crippen LogP contribution in [0.15, 0.2) is 16.1 Å². The molecule has 0 aromatic carbocycles. The van der Waals surface area contributed by atoms with E-state index < -0.39 is 0 Å². The van der Waals surface area contributed by atoms with Gasteiger partial charge in [-0.2, -0.15) is 4.99 Å². The molecule has 0 aromatic rings. The lowest BCUT2D eigenvalue weighted by atomic mass is 10.3. The zero-order chi connectivity index (χ0) is 8.27. The monoisotopic (exact) mass is 189 g/mol. The summed E-state index contributed by atoms with van der Waals surface area (Å²) in [4.78, 5) is 3.64. The standard InChI is InChI=1S/C7H5Cl2NO/c1-11-5-2-3-10-7(9)6(8)4-5/h4-5H,1H3. The average molecular weight is 190 g/mol. The fourth-order valence-corrected chi connectivity index (χ4v) is 0.831. The second-order valence-corrected chi connectivity index (χ2v) is 2.59. The molecule has 0 aromatic heterocycles. The molecule has 0 bridgehead atoms. The van der Waals surface area contributed by atoms with Crippen molar-refractivity contribution in [1.82, 2.24) is 0 Å². The quantitative estimate of drug-likeness (QED) is 0.577. The second kappa shape index (κ2) is 3.77. The molecule has 1 rings (SSSR count). The molecule has 0 spiro atoms. The van der Waals surface area contributed by atoms with Crippen LogP contribution in [-0.2, 0) is 4.74 Å². The Labute approximate surface area is 74.8 Å². The van der Waals surface area contributed by atoms with Gasteiger partial charge in [-0.25, -0.2) is 0 Å². The van der Waals surface area contributed by atoms with Crippen molar-refractivity contribution in [2.24, 2.45) is 4.99 Å². The Morgan fingerprint density at radius 3 is 3.00 bits per heavy atom. The van der Waals surface area contributed by atoms with Crippen molar-refractivity contribution in [3.8, 4) is 12.0 Å². The minimum Gasteiger partial charge on any atom is -0.365 e. The average Bonchev–Trinajstić information content (AvgIpc) is 2.15. The van der Waals surface area contributed by atoms with E-state index in [1.54, 1.807) is 13.2 Å². The number of aliphatic imine (C=N–C) groups is 1. The summed E-state index contributed by atoms with van der Waals surface area (Å²) < 4.78 is 4.92. The summed E-state index contributed by atoms with van der Waals surface area (Å²) in [6, 6.07) is 2.47. The molecule has 11 heavy (non-hydrogen) atoms. The van der Waals surface area contributed by atoms with E-state index in [0.717, 1.165) is 0 Å². The Balaban J connectivity index is 2.89. The fourth-order valence-electron chi connectivity index (χ4n) is 0.569. The Morgan fingerprint density at radius 1 is 1.64 bits per heavy atom. The second-order valence-electron chi connectivity index (χ2n) is 1.83. The summed E-state index contributed by atoms with van der Waals surface area (Å²) in [6.45, 7) is 0. The third-order valence-corrected chi connectivity index (χ3v) is 1.80. The molecule has 1 unspecified atom stereocenters. The normalized spacial score (nSPS) is 22.6. The fraction of sp³-hybridized carbons (Fsp3) is 0.286. The van der Waals surface area contributed by atoms with Crippen LogP contribution < -0.4 is 0 Å². The summed E-state index contributed by atoms with van der Waals surface area (Å²) in [5.41, 5.74) is 0. The zero-order valence-corrected chi connectivity index (χ0v) is 7.28. The van der Waals surface area contributed by atoms with E-state index in [-0.39, 0.29) is 11.3 Å². The number of hydrogen-bond acceptors (Lipinski definition) is 2. The summed E-state index contributed by atoms with van der Waals surface area (Å²) in [7, 11) is 1.54. The minimum atomic E-state index is -0.317. The predicted octanol–water partition coefficient (Wildman–Crippen LogP) is 1.74. The van der Waals surface area contributed by atoms with Gasteiger partial charge in [0.1, 0.15) is 6.10 Å². The highest BCUT2D eigenvalue weighted by molar-refractivity contribution is 6.76. The molecule has 4 heteroatoms. The Morgan fingerprint density at radius 2 is 2.36 bits per heavy atom. The molecule has 0 fully saturated rings. The number of rotatable bonds is 1. The summed E-state index contributed by atoms with van der Waals surface area (Å²) in [5.74, 6) is 2.69.